The lowest BCUT2D eigenvalue weighted by Gasteiger charge is -2.05. The molecule has 1 rings (SSSR count). The Morgan fingerprint density at radius 3 is 2.69 bits per heavy atom. The summed E-state index contributed by atoms with van der Waals surface area (Å²) in [6.45, 7) is 0. The lowest BCUT2D eigenvalue weighted by atomic mass is 10.1. The molecule has 0 aromatic carbocycles. The first-order chi connectivity index (χ1) is 7.52. The van der Waals surface area contributed by atoms with Gasteiger partial charge in [0.25, 0.3) is 6.43 Å². The zero-order chi connectivity index (χ0) is 12.3. The van der Waals surface area contributed by atoms with Gasteiger partial charge in [-0.2, -0.15) is 5.26 Å². The second kappa shape index (κ2) is 4.81. The highest BCUT2D eigenvalue weighted by Gasteiger charge is 2.26. The van der Waals surface area contributed by atoms with Crippen LogP contribution >= 0.6 is 11.6 Å². The van der Waals surface area contributed by atoms with E-state index in [0.717, 1.165) is 0 Å². The standard InChI is InChI=1S/C8H4ClF2N3O2/c9-1-4-5(2-12)8(14(15)16)13-3-6(4)7(10)11/h3,7H,1H2. The van der Waals surface area contributed by atoms with E-state index < -0.39 is 34.2 Å². The third kappa shape index (κ3) is 2.06. The van der Waals surface area contributed by atoms with E-state index in [9.17, 15) is 18.9 Å². The summed E-state index contributed by atoms with van der Waals surface area (Å²) in [5.74, 6) is -1.17. The zero-order valence-electron chi connectivity index (χ0n) is 7.65. The lowest BCUT2D eigenvalue weighted by molar-refractivity contribution is -0.389. The number of alkyl halides is 3. The minimum Gasteiger partial charge on any atom is -0.358 e. The molecule has 0 N–H and O–H groups in total. The summed E-state index contributed by atoms with van der Waals surface area (Å²) < 4.78 is 25.0. The Morgan fingerprint density at radius 2 is 2.31 bits per heavy atom. The maximum Gasteiger partial charge on any atom is 0.381 e. The number of aromatic nitrogens is 1. The number of hydrogen-bond acceptors (Lipinski definition) is 4. The van der Waals surface area contributed by atoms with Crippen molar-refractivity contribution in [2.45, 2.75) is 12.3 Å². The van der Waals surface area contributed by atoms with Crippen LogP contribution in [0.1, 0.15) is 23.1 Å². The highest BCUT2D eigenvalue weighted by atomic mass is 35.5. The van der Waals surface area contributed by atoms with Gasteiger partial charge < -0.3 is 10.1 Å². The van der Waals surface area contributed by atoms with E-state index in [-0.39, 0.29) is 5.56 Å². The minimum absolute atomic E-state index is 0.249. The fourth-order valence-electron chi connectivity index (χ4n) is 1.14. The first-order valence-corrected chi connectivity index (χ1v) is 4.46. The molecule has 0 saturated carbocycles. The predicted molar refractivity (Wildman–Crippen MR) is 50.1 cm³/mol. The molecule has 0 fully saturated rings. The van der Waals surface area contributed by atoms with Crippen molar-refractivity contribution >= 4 is 17.4 Å². The lowest BCUT2D eigenvalue weighted by Crippen LogP contribution is -2.04. The quantitative estimate of drug-likeness (QED) is 0.467. The van der Waals surface area contributed by atoms with E-state index in [2.05, 4.69) is 4.98 Å². The number of hydrogen-bond donors (Lipinski definition) is 0. The Hall–Kier alpha value is -1.81. The van der Waals surface area contributed by atoms with Crippen molar-refractivity contribution in [2.75, 3.05) is 0 Å². The van der Waals surface area contributed by atoms with Crippen LogP contribution in [0, 0.1) is 21.4 Å². The van der Waals surface area contributed by atoms with E-state index in [4.69, 9.17) is 16.9 Å². The van der Waals surface area contributed by atoms with Gasteiger partial charge in [0, 0.05) is 11.4 Å². The van der Waals surface area contributed by atoms with Crippen molar-refractivity contribution in [1.82, 2.24) is 4.98 Å². The van der Waals surface area contributed by atoms with Crippen molar-refractivity contribution in [3.63, 3.8) is 0 Å². The van der Waals surface area contributed by atoms with Crippen LogP contribution in [0.25, 0.3) is 0 Å². The van der Waals surface area contributed by atoms with Gasteiger partial charge in [-0.25, -0.2) is 8.78 Å². The Balaban J connectivity index is 3.54. The van der Waals surface area contributed by atoms with E-state index in [1.165, 1.54) is 6.07 Å². The summed E-state index contributed by atoms with van der Waals surface area (Å²) >= 11 is 5.40. The fourth-order valence-corrected chi connectivity index (χ4v) is 1.43. The Kier molecular flexibility index (Phi) is 3.68. The molecule has 16 heavy (non-hydrogen) atoms. The van der Waals surface area contributed by atoms with Crippen LogP contribution in [-0.2, 0) is 5.88 Å². The molecule has 0 aliphatic carbocycles. The number of nitro groups is 1. The second-order valence-electron chi connectivity index (χ2n) is 2.69. The van der Waals surface area contributed by atoms with Crippen molar-refractivity contribution < 1.29 is 13.7 Å². The molecule has 0 aliphatic rings. The SMILES string of the molecule is N#Cc1c([N+](=O)[O-])ncc(C(F)F)c1CCl. The third-order valence-electron chi connectivity index (χ3n) is 1.85. The van der Waals surface area contributed by atoms with Gasteiger partial charge in [-0.15, -0.1) is 11.6 Å². The van der Waals surface area contributed by atoms with Gasteiger partial charge in [-0.3, -0.25) is 0 Å². The van der Waals surface area contributed by atoms with Crippen molar-refractivity contribution in [3.8, 4) is 6.07 Å². The van der Waals surface area contributed by atoms with E-state index >= 15 is 0 Å². The summed E-state index contributed by atoms with van der Waals surface area (Å²) in [5, 5.41) is 19.2. The van der Waals surface area contributed by atoms with Crippen LogP contribution < -0.4 is 0 Å². The van der Waals surface area contributed by atoms with Crippen LogP contribution in [0.4, 0.5) is 14.6 Å². The molecule has 1 aromatic rings. The minimum atomic E-state index is -2.88. The summed E-state index contributed by atoms with van der Waals surface area (Å²) in [4.78, 5) is 12.8. The molecule has 84 valence electrons. The van der Waals surface area contributed by atoms with Gasteiger partial charge in [0.2, 0.25) is 0 Å². The average Bonchev–Trinajstić information content (AvgIpc) is 2.26. The average molecular weight is 248 g/mol. The molecule has 0 saturated heterocycles. The van der Waals surface area contributed by atoms with E-state index in [1.807, 2.05) is 0 Å². The summed E-state index contributed by atoms with van der Waals surface area (Å²) in [7, 11) is 0. The summed E-state index contributed by atoms with van der Waals surface area (Å²) in [6, 6.07) is 1.47. The molecular formula is C8H4ClF2N3O2. The number of pyridine rings is 1. The van der Waals surface area contributed by atoms with Crippen LogP contribution in [0.2, 0.25) is 0 Å². The predicted octanol–water partition coefficient (Wildman–Crippen LogP) is 2.54. The normalized spacial score (nSPS) is 10.2. The highest BCUT2D eigenvalue weighted by Crippen LogP contribution is 2.29. The Labute approximate surface area is 93.4 Å². The molecule has 0 radical (unpaired) electrons. The Morgan fingerprint density at radius 1 is 1.69 bits per heavy atom. The van der Waals surface area contributed by atoms with Crippen LogP contribution in [0.3, 0.4) is 0 Å². The molecule has 0 spiro atoms. The van der Waals surface area contributed by atoms with Gasteiger partial charge in [0.1, 0.15) is 12.3 Å². The first-order valence-electron chi connectivity index (χ1n) is 3.93. The first kappa shape index (κ1) is 12.3. The molecule has 0 unspecified atom stereocenters. The van der Waals surface area contributed by atoms with Gasteiger partial charge in [-0.05, 0) is 9.91 Å². The largest absolute Gasteiger partial charge is 0.381 e. The number of nitriles is 1. The molecule has 1 aromatic heterocycles. The molecule has 0 amide bonds. The van der Waals surface area contributed by atoms with Gasteiger partial charge >= 0.3 is 5.82 Å². The number of nitrogens with zero attached hydrogens (tertiary/aromatic N) is 3. The van der Waals surface area contributed by atoms with E-state index in [1.54, 1.807) is 0 Å². The van der Waals surface area contributed by atoms with E-state index in [0.29, 0.717) is 6.20 Å². The van der Waals surface area contributed by atoms with Gasteiger partial charge in [0.15, 0.2) is 5.56 Å². The monoisotopic (exact) mass is 247 g/mol. The maximum atomic E-state index is 12.5. The second-order valence-corrected chi connectivity index (χ2v) is 2.96. The number of halogens is 3. The van der Waals surface area contributed by atoms with Crippen molar-refractivity contribution in [1.29, 1.82) is 5.26 Å². The molecule has 1 heterocycles. The molecule has 0 bridgehead atoms. The molecule has 5 nitrogen and oxygen atoms in total. The molecule has 0 aliphatic heterocycles. The Bertz CT molecular complexity index is 473. The maximum absolute atomic E-state index is 12.5. The van der Waals surface area contributed by atoms with Crippen LogP contribution in [-0.4, -0.2) is 9.91 Å². The molecular weight excluding hydrogens is 244 g/mol. The van der Waals surface area contributed by atoms with Gasteiger partial charge in [0.05, 0.1) is 5.56 Å². The van der Waals surface area contributed by atoms with Crippen molar-refractivity contribution in [3.05, 3.63) is 33.0 Å². The summed E-state index contributed by atoms with van der Waals surface area (Å²) in [5.41, 5.74) is -1.32. The zero-order valence-corrected chi connectivity index (χ0v) is 8.41. The number of rotatable bonds is 3. The van der Waals surface area contributed by atoms with Crippen molar-refractivity contribution in [2.24, 2.45) is 0 Å². The smallest absolute Gasteiger partial charge is 0.358 e. The van der Waals surface area contributed by atoms with Crippen LogP contribution in [0.15, 0.2) is 6.20 Å². The van der Waals surface area contributed by atoms with Crippen LogP contribution in [0.5, 0.6) is 0 Å². The van der Waals surface area contributed by atoms with Gasteiger partial charge in [-0.1, -0.05) is 0 Å². The summed E-state index contributed by atoms with van der Waals surface area (Å²) in [6.07, 6.45) is -2.21. The fraction of sp³-hybridized carbons (Fsp3) is 0.250. The third-order valence-corrected chi connectivity index (χ3v) is 2.12. The molecule has 0 atom stereocenters. The molecule has 8 heteroatoms. The highest BCUT2D eigenvalue weighted by molar-refractivity contribution is 6.17. The topological polar surface area (TPSA) is 79.8 Å².